The fourth-order valence-corrected chi connectivity index (χ4v) is 5.78. The van der Waals surface area contributed by atoms with Crippen LogP contribution in [0, 0.1) is 0 Å². The van der Waals surface area contributed by atoms with Crippen molar-refractivity contribution in [2.45, 2.75) is 70.0 Å². The summed E-state index contributed by atoms with van der Waals surface area (Å²) in [5, 5.41) is 10.9. The van der Waals surface area contributed by atoms with Gasteiger partial charge in [-0.2, -0.15) is 10.1 Å². The standard InChI is InChI=1S/C26H31N7O/c1-17(2)32-16-20(15-29-32)18-7-9-21(10-8-18)30-25-28-14-19-13-26(11-12-27-24(26)34)33(23(19)31-25)22-5-3-4-6-22/h7-10,14-17,22H,3-6,11-13H2,1-2H3,(H,27,34)(H,28,30,31). The summed E-state index contributed by atoms with van der Waals surface area (Å²) in [6.45, 7) is 4.97. The fourth-order valence-electron chi connectivity index (χ4n) is 5.78. The highest BCUT2D eigenvalue weighted by Crippen LogP contribution is 2.46. The van der Waals surface area contributed by atoms with Crippen LogP contribution in [-0.4, -0.2) is 43.8 Å². The van der Waals surface area contributed by atoms with E-state index < -0.39 is 5.54 Å². The Morgan fingerprint density at radius 3 is 2.59 bits per heavy atom. The van der Waals surface area contributed by atoms with Crippen molar-refractivity contribution < 1.29 is 4.79 Å². The number of carbonyl (C=O) groups excluding carboxylic acids is 1. The zero-order valence-electron chi connectivity index (χ0n) is 19.8. The summed E-state index contributed by atoms with van der Waals surface area (Å²) in [7, 11) is 0. The lowest BCUT2D eigenvalue weighted by Crippen LogP contribution is -2.56. The molecule has 1 unspecified atom stereocenters. The van der Waals surface area contributed by atoms with Crippen LogP contribution in [0.3, 0.4) is 0 Å². The number of rotatable bonds is 5. The molecule has 6 rings (SSSR count). The van der Waals surface area contributed by atoms with Gasteiger partial charge in [0.1, 0.15) is 11.4 Å². The molecular formula is C26H31N7O. The van der Waals surface area contributed by atoms with Gasteiger partial charge in [0, 0.05) is 54.3 Å². The number of fused-ring (bicyclic) bond motifs is 1. The molecule has 3 aliphatic rings. The number of nitrogens with one attached hydrogen (secondary N) is 2. The van der Waals surface area contributed by atoms with Crippen LogP contribution < -0.4 is 15.5 Å². The highest BCUT2D eigenvalue weighted by atomic mass is 16.2. The third-order valence-electron chi connectivity index (χ3n) is 7.56. The van der Waals surface area contributed by atoms with Crippen molar-refractivity contribution in [3.05, 3.63) is 48.4 Å². The average Bonchev–Trinajstić information content (AvgIpc) is 3.62. The quantitative estimate of drug-likeness (QED) is 0.596. The van der Waals surface area contributed by atoms with E-state index in [9.17, 15) is 4.79 Å². The van der Waals surface area contributed by atoms with Crippen LogP contribution in [-0.2, 0) is 11.2 Å². The van der Waals surface area contributed by atoms with E-state index in [2.05, 4.69) is 57.8 Å². The van der Waals surface area contributed by atoms with Gasteiger partial charge < -0.3 is 15.5 Å². The topological polar surface area (TPSA) is 88.0 Å². The third-order valence-corrected chi connectivity index (χ3v) is 7.56. The lowest BCUT2D eigenvalue weighted by Gasteiger charge is -2.38. The van der Waals surface area contributed by atoms with Gasteiger partial charge in [0.15, 0.2) is 0 Å². The van der Waals surface area contributed by atoms with E-state index in [0.717, 1.165) is 54.0 Å². The second-order valence-corrected chi connectivity index (χ2v) is 10.1. The maximum atomic E-state index is 13.0. The number of nitrogens with zero attached hydrogens (tertiary/aromatic N) is 5. The summed E-state index contributed by atoms with van der Waals surface area (Å²) >= 11 is 0. The SMILES string of the molecule is CC(C)n1cc(-c2ccc(Nc3ncc4c(n3)N(C3CCCC3)C3(CCNC3=O)C4)cc2)cn1. The minimum absolute atomic E-state index is 0.142. The van der Waals surface area contributed by atoms with Gasteiger partial charge in [-0.05, 0) is 50.8 Å². The normalized spacial score (nSPS) is 22.1. The molecule has 1 aromatic carbocycles. The van der Waals surface area contributed by atoms with Gasteiger partial charge in [0.05, 0.1) is 6.20 Å². The Morgan fingerprint density at radius 2 is 1.91 bits per heavy atom. The smallest absolute Gasteiger partial charge is 0.246 e. The van der Waals surface area contributed by atoms with E-state index in [1.165, 1.54) is 12.8 Å². The molecule has 1 atom stereocenters. The van der Waals surface area contributed by atoms with Crippen molar-refractivity contribution in [1.82, 2.24) is 25.1 Å². The van der Waals surface area contributed by atoms with Crippen LogP contribution in [0.5, 0.6) is 0 Å². The van der Waals surface area contributed by atoms with Crippen LogP contribution in [0.2, 0.25) is 0 Å². The molecule has 2 N–H and O–H groups in total. The molecule has 4 heterocycles. The molecule has 2 fully saturated rings. The highest BCUT2D eigenvalue weighted by molar-refractivity contribution is 5.94. The highest BCUT2D eigenvalue weighted by Gasteiger charge is 2.55. The van der Waals surface area contributed by atoms with Crippen molar-refractivity contribution in [3.63, 3.8) is 0 Å². The number of carbonyl (C=O) groups is 1. The summed E-state index contributed by atoms with van der Waals surface area (Å²) in [5.74, 6) is 1.64. The number of hydrogen-bond acceptors (Lipinski definition) is 6. The lowest BCUT2D eigenvalue weighted by molar-refractivity contribution is -0.123. The molecule has 8 heteroatoms. The molecule has 34 heavy (non-hydrogen) atoms. The van der Waals surface area contributed by atoms with Crippen LogP contribution in [0.25, 0.3) is 11.1 Å². The van der Waals surface area contributed by atoms with E-state index in [1.807, 2.05) is 29.2 Å². The average molecular weight is 458 g/mol. The molecule has 0 bridgehead atoms. The Kier molecular flexibility index (Phi) is 5.04. The van der Waals surface area contributed by atoms with E-state index in [4.69, 9.17) is 4.98 Å². The van der Waals surface area contributed by atoms with Gasteiger partial charge in [0.2, 0.25) is 11.9 Å². The minimum atomic E-state index is -0.493. The summed E-state index contributed by atoms with van der Waals surface area (Å²) < 4.78 is 1.97. The van der Waals surface area contributed by atoms with Crippen LogP contribution >= 0.6 is 0 Å². The van der Waals surface area contributed by atoms with E-state index in [-0.39, 0.29) is 5.91 Å². The maximum absolute atomic E-state index is 13.0. The first-order valence-electron chi connectivity index (χ1n) is 12.4. The van der Waals surface area contributed by atoms with Crippen LogP contribution in [0.4, 0.5) is 17.5 Å². The predicted molar refractivity (Wildman–Crippen MR) is 132 cm³/mol. The van der Waals surface area contributed by atoms with Gasteiger partial charge >= 0.3 is 0 Å². The molecular weight excluding hydrogens is 426 g/mol. The monoisotopic (exact) mass is 457 g/mol. The molecule has 1 saturated carbocycles. The summed E-state index contributed by atoms with van der Waals surface area (Å²) in [6.07, 6.45) is 12.1. The molecule has 1 amide bonds. The molecule has 2 aliphatic heterocycles. The van der Waals surface area contributed by atoms with Gasteiger partial charge in [-0.15, -0.1) is 0 Å². The zero-order valence-corrected chi connectivity index (χ0v) is 19.8. The predicted octanol–water partition coefficient (Wildman–Crippen LogP) is 4.23. The molecule has 0 radical (unpaired) electrons. The zero-order chi connectivity index (χ0) is 23.3. The van der Waals surface area contributed by atoms with Crippen molar-refractivity contribution in [2.24, 2.45) is 0 Å². The number of hydrogen-bond donors (Lipinski definition) is 2. The Labute approximate surface area is 199 Å². The Hall–Kier alpha value is -3.42. The molecule has 1 saturated heterocycles. The Balaban J connectivity index is 1.26. The largest absolute Gasteiger partial charge is 0.354 e. The Morgan fingerprint density at radius 1 is 1.12 bits per heavy atom. The van der Waals surface area contributed by atoms with Crippen molar-refractivity contribution >= 4 is 23.4 Å². The summed E-state index contributed by atoms with van der Waals surface area (Å²) in [4.78, 5) is 24.9. The molecule has 8 nitrogen and oxygen atoms in total. The fraction of sp³-hybridized carbons (Fsp3) is 0.462. The second-order valence-electron chi connectivity index (χ2n) is 10.1. The van der Waals surface area contributed by atoms with Crippen LogP contribution in [0.15, 0.2) is 42.9 Å². The lowest BCUT2D eigenvalue weighted by atomic mass is 9.91. The van der Waals surface area contributed by atoms with Crippen molar-refractivity contribution in [1.29, 1.82) is 0 Å². The number of amides is 1. The van der Waals surface area contributed by atoms with E-state index in [1.54, 1.807) is 0 Å². The number of benzene rings is 1. The van der Waals surface area contributed by atoms with E-state index in [0.29, 0.717) is 24.5 Å². The molecule has 1 spiro atoms. The first-order valence-corrected chi connectivity index (χ1v) is 12.4. The van der Waals surface area contributed by atoms with Crippen LogP contribution in [0.1, 0.15) is 57.6 Å². The second kappa shape index (κ2) is 8.11. The molecule has 3 aromatic rings. The van der Waals surface area contributed by atoms with Gasteiger partial charge in [0.25, 0.3) is 0 Å². The molecule has 2 aromatic heterocycles. The first kappa shape index (κ1) is 21.1. The van der Waals surface area contributed by atoms with Gasteiger partial charge in [-0.25, -0.2) is 4.98 Å². The maximum Gasteiger partial charge on any atom is 0.246 e. The van der Waals surface area contributed by atoms with Gasteiger partial charge in [-0.1, -0.05) is 25.0 Å². The first-order chi connectivity index (χ1) is 16.5. The van der Waals surface area contributed by atoms with Crippen molar-refractivity contribution in [3.8, 4) is 11.1 Å². The van der Waals surface area contributed by atoms with E-state index >= 15 is 0 Å². The summed E-state index contributed by atoms with van der Waals surface area (Å²) in [5.41, 5.74) is 3.73. The number of anilines is 3. The Bertz CT molecular complexity index is 1210. The van der Waals surface area contributed by atoms with Crippen molar-refractivity contribution in [2.75, 3.05) is 16.8 Å². The number of aromatic nitrogens is 4. The van der Waals surface area contributed by atoms with Gasteiger partial charge in [-0.3, -0.25) is 9.48 Å². The third kappa shape index (κ3) is 3.43. The minimum Gasteiger partial charge on any atom is -0.354 e. The summed E-state index contributed by atoms with van der Waals surface area (Å²) in [6, 6.07) is 8.96. The molecule has 176 valence electrons. The molecule has 1 aliphatic carbocycles.